The number of thiazole rings is 1. The van der Waals surface area contributed by atoms with E-state index in [1.807, 2.05) is 48.8 Å². The van der Waals surface area contributed by atoms with Crippen LogP contribution in [0.2, 0.25) is 0 Å². The number of H-pyrrole nitrogens is 1. The van der Waals surface area contributed by atoms with Gasteiger partial charge in [-0.1, -0.05) is 88.8 Å². The second-order valence-corrected chi connectivity index (χ2v) is 33.9. The van der Waals surface area contributed by atoms with E-state index in [0.717, 1.165) is 44.6 Å². The SMILES string of the molecule is Cc1c(-c2ccc(CNC(=O)[C@@H]3C[C@@H](O)CN3C(=O)[C@@H](NC(=O)COCCOCCOCCNC(=O)c3cc4c(cc3CS(C)(=O)=O)-c3cn(C)c(=O)c5[nH]cc(c35)CN4c3ncc(F)cc3F)C(C)(C)C)cc2)sc[n+]1Cc1ccc(NC(=O)[C@H](CCCCNC(N)=O)NC(=O)[C@@H](NC(=O)CCCCCN2C(=O)C=CC2=O)C(C)C)cc1. The zero-order chi connectivity index (χ0) is 85.3. The maximum atomic E-state index is 15.6. The fourth-order valence-electron chi connectivity index (χ4n) is 14.2. The summed E-state index contributed by atoms with van der Waals surface area (Å²) in [6.45, 7) is 11.6. The molecule has 0 aliphatic carbocycles. The number of aliphatic hydroxyl groups excluding tert-OH is 1. The van der Waals surface area contributed by atoms with Crippen LogP contribution in [0.25, 0.3) is 32.5 Å². The number of β-amino-alcohol motifs (C(OH)–C–C–N with tert-alkyl or cyclic N) is 1. The van der Waals surface area contributed by atoms with Crippen molar-refractivity contribution in [2.45, 2.75) is 149 Å². The molecule has 3 aliphatic rings. The lowest BCUT2D eigenvalue weighted by molar-refractivity contribution is -0.689. The number of ether oxygens (including phenoxy) is 3. The van der Waals surface area contributed by atoms with Crippen molar-refractivity contribution < 1.29 is 89.0 Å². The largest absolute Gasteiger partial charge is 0.391 e. The van der Waals surface area contributed by atoms with Gasteiger partial charge in [-0.15, -0.1) is 0 Å². The molecule has 36 heteroatoms. The van der Waals surface area contributed by atoms with Crippen molar-refractivity contribution in [2.75, 3.05) is 82.3 Å². The van der Waals surface area contributed by atoms with E-state index in [1.54, 1.807) is 77.5 Å². The first-order valence-electron chi connectivity index (χ1n) is 39.0. The van der Waals surface area contributed by atoms with E-state index in [1.165, 1.54) is 38.7 Å². The highest BCUT2D eigenvalue weighted by Gasteiger charge is 2.45. The maximum absolute atomic E-state index is 15.6. The number of likely N-dealkylation sites (tertiary alicyclic amines) is 1. The number of halogens is 2. The number of nitrogens with one attached hydrogen (secondary N) is 8. The monoisotopic (exact) mass is 1670 g/mol. The molecule has 7 aromatic rings. The van der Waals surface area contributed by atoms with Crippen LogP contribution in [-0.4, -0.2) is 199 Å². The number of primary amides is 1. The number of hydrogen-bond donors (Lipinski definition) is 10. The van der Waals surface area contributed by atoms with Gasteiger partial charge in [-0.25, -0.2) is 27.0 Å². The summed E-state index contributed by atoms with van der Waals surface area (Å²) in [7, 11) is -2.20. The first-order valence-corrected chi connectivity index (χ1v) is 41.9. The van der Waals surface area contributed by atoms with Gasteiger partial charge in [0.05, 0.1) is 63.3 Å². The van der Waals surface area contributed by atoms with E-state index in [4.69, 9.17) is 19.9 Å². The van der Waals surface area contributed by atoms with Crippen LogP contribution in [0.5, 0.6) is 0 Å². The Kier molecular flexibility index (Phi) is 30.5. The van der Waals surface area contributed by atoms with Gasteiger partial charge in [-0.2, -0.15) is 4.57 Å². The summed E-state index contributed by atoms with van der Waals surface area (Å²) in [5.74, 6) is -7.48. The van der Waals surface area contributed by atoms with Crippen LogP contribution in [0.4, 0.5) is 30.8 Å². The van der Waals surface area contributed by atoms with Crippen molar-refractivity contribution in [3.05, 3.63) is 158 Å². The highest BCUT2D eigenvalue weighted by atomic mass is 32.2. The van der Waals surface area contributed by atoms with Gasteiger partial charge in [-0.05, 0) is 90.0 Å². The van der Waals surface area contributed by atoms with Crippen molar-refractivity contribution in [3.63, 3.8) is 0 Å². The summed E-state index contributed by atoms with van der Waals surface area (Å²) in [6, 6.07) is 13.8. The number of urea groups is 1. The van der Waals surface area contributed by atoms with E-state index in [2.05, 4.69) is 51.8 Å². The van der Waals surface area contributed by atoms with Crippen LogP contribution >= 0.6 is 11.3 Å². The number of nitrogens with two attached hydrogens (primary N) is 1. The third kappa shape index (κ3) is 23.6. The molecule has 7 heterocycles. The number of anilines is 3. The molecule has 1 saturated heterocycles. The third-order valence-corrected chi connectivity index (χ3v) is 22.3. The molecule has 0 spiro atoms. The molecule has 0 bridgehead atoms. The minimum Gasteiger partial charge on any atom is -0.391 e. The number of imide groups is 1. The van der Waals surface area contributed by atoms with Crippen LogP contribution in [0.3, 0.4) is 0 Å². The number of fused-ring (bicyclic) bond motifs is 2. The number of hydrogen-bond acceptors (Lipinski definition) is 20. The number of aromatic nitrogens is 4. The molecule has 4 aromatic heterocycles. The second-order valence-electron chi connectivity index (χ2n) is 30.9. The number of carbonyl (C=O) groups excluding carboxylic acids is 10. The van der Waals surface area contributed by atoms with Gasteiger partial charge in [-0.3, -0.25) is 52.8 Å². The van der Waals surface area contributed by atoms with Crippen LogP contribution in [0.15, 0.2) is 108 Å². The predicted molar refractivity (Wildman–Crippen MR) is 435 cm³/mol. The average molecular weight is 1670 g/mol. The molecule has 632 valence electrons. The molecule has 118 heavy (non-hydrogen) atoms. The van der Waals surface area contributed by atoms with Crippen LogP contribution in [0, 0.1) is 29.9 Å². The minimum absolute atomic E-state index is 0.0108. The highest BCUT2D eigenvalue weighted by molar-refractivity contribution is 7.89. The number of pyridine rings is 2. The summed E-state index contributed by atoms with van der Waals surface area (Å²) in [4.78, 5) is 157. The highest BCUT2D eigenvalue weighted by Crippen LogP contribution is 2.45. The molecular weight excluding hydrogens is 1570 g/mol. The van der Waals surface area contributed by atoms with E-state index >= 15 is 4.39 Å². The normalized spacial score (nSPS) is 15.4. The summed E-state index contributed by atoms with van der Waals surface area (Å²) in [6.07, 6.45) is 9.28. The van der Waals surface area contributed by atoms with E-state index in [0.29, 0.717) is 72.5 Å². The Morgan fingerprint density at radius 1 is 0.805 bits per heavy atom. The molecule has 0 unspecified atom stereocenters. The number of sulfone groups is 1. The zero-order valence-electron chi connectivity index (χ0n) is 67.1. The molecule has 3 aromatic carbocycles. The number of aromatic amines is 1. The molecule has 0 radical (unpaired) electrons. The van der Waals surface area contributed by atoms with Gasteiger partial charge in [0.15, 0.2) is 33.7 Å². The zero-order valence-corrected chi connectivity index (χ0v) is 68.8. The maximum Gasteiger partial charge on any atom is 0.312 e. The summed E-state index contributed by atoms with van der Waals surface area (Å²) in [5, 5.41) is 30.9. The van der Waals surface area contributed by atoms with Crippen LogP contribution in [0.1, 0.15) is 124 Å². The fourth-order valence-corrected chi connectivity index (χ4v) is 16.0. The number of benzene rings is 3. The molecule has 32 nitrogen and oxygen atoms in total. The minimum atomic E-state index is -3.75. The number of carbonyl (C=O) groups is 10. The van der Waals surface area contributed by atoms with Gasteiger partial charge < -0.3 is 81.6 Å². The Morgan fingerprint density at radius 3 is 2.18 bits per heavy atom. The Bertz CT molecular complexity index is 5070. The fraction of sp³-hybridized carbons (Fsp3) is 0.451. The second kappa shape index (κ2) is 40.3. The quantitative estimate of drug-likeness (QED) is 0.0133. The molecule has 3 aliphatic heterocycles. The summed E-state index contributed by atoms with van der Waals surface area (Å²) >= 11 is 1.55. The summed E-state index contributed by atoms with van der Waals surface area (Å²) in [5.41, 5.74) is 12.2. The number of aryl methyl sites for hydroxylation is 1. The number of rotatable bonds is 40. The Morgan fingerprint density at radius 2 is 1.50 bits per heavy atom. The first-order chi connectivity index (χ1) is 56.1. The van der Waals surface area contributed by atoms with Gasteiger partial charge in [0.2, 0.25) is 41.0 Å². The van der Waals surface area contributed by atoms with Crippen molar-refractivity contribution in [1.29, 1.82) is 0 Å². The van der Waals surface area contributed by atoms with E-state index in [9.17, 15) is 70.7 Å². The van der Waals surface area contributed by atoms with E-state index < -0.39 is 111 Å². The predicted octanol–water partition coefficient (Wildman–Crippen LogP) is 5.25. The van der Waals surface area contributed by atoms with Crippen LogP contribution in [-0.2, 0) is 94.8 Å². The lowest BCUT2D eigenvalue weighted by atomic mass is 9.85. The number of nitrogens with zero attached hydrogens (tertiary/aromatic N) is 6. The number of unbranched alkanes of at least 4 members (excludes halogenated alkanes) is 3. The number of amides is 11. The number of aliphatic hydroxyl groups is 1. The molecule has 1 fully saturated rings. The molecular formula is C82H102F2N15O17S2+. The molecule has 5 atom stereocenters. The topological polar surface area (TPSA) is 427 Å². The standard InChI is InChI=1S/C82H101F2N15O17S2/c1-48(2)70(93-65(101)15-10-9-13-28-97-67(103)24-25-68(97)104)78(108)92-62(14-11-12-26-87-81(85)111)76(106)91-56-22-18-51(19-23-56)41-96-47-117-72(49(96)3)52-20-16-50(17-21-52)38-90-77(107)64-36-57(100)43-99(64)80(110)73(82(4,5)6)94-66(102)45-116-33-32-115-31-30-114-29-27-86-75(105)58-37-63-59(34-53(58)46-118(8,112)113)60-44-95(7)79(109)71-69(60)54(39-88-71)42-98(63)74-61(84)35-55(83)40-89-74/h16-25,34-35,37,39-40,44,47-48,57,62,64,70,73,100H,9-15,26-33,36,38,41-43,45-46H2,1-8H3,(H9-,85,86,87,88,90,91,92,93,94,101,102,105,106,107,108,109,111)/p+1/t57-,62+,64+,70+,73-/m1/s1. The molecule has 0 saturated carbocycles. The van der Waals surface area contributed by atoms with Gasteiger partial charge in [0, 0.05) is 130 Å². The Labute approximate surface area is 685 Å². The summed E-state index contributed by atoms with van der Waals surface area (Å²) < 4.78 is 75.9. The first kappa shape index (κ1) is 89.2. The Balaban J connectivity index is 0.644. The molecule has 10 rings (SSSR count). The Hall–Kier alpha value is -11.2. The van der Waals surface area contributed by atoms with Crippen molar-refractivity contribution in [1.82, 2.24) is 56.2 Å². The van der Waals surface area contributed by atoms with Gasteiger partial charge >= 0.3 is 6.03 Å². The smallest absolute Gasteiger partial charge is 0.312 e. The lowest BCUT2D eigenvalue weighted by Gasteiger charge is -2.35. The van der Waals surface area contributed by atoms with Gasteiger partial charge in [0.1, 0.15) is 47.0 Å². The van der Waals surface area contributed by atoms with Gasteiger partial charge in [0.25, 0.3) is 23.3 Å². The third-order valence-electron chi connectivity index (χ3n) is 20.3. The van der Waals surface area contributed by atoms with Crippen molar-refractivity contribution >= 4 is 108 Å². The van der Waals surface area contributed by atoms with Crippen molar-refractivity contribution in [3.8, 4) is 21.6 Å². The average Bonchev–Trinajstić information content (AvgIpc) is 1.60. The lowest BCUT2D eigenvalue weighted by Crippen LogP contribution is -2.58. The molecule has 11 amide bonds. The van der Waals surface area contributed by atoms with E-state index in [-0.39, 0.29) is 149 Å². The van der Waals surface area contributed by atoms with Crippen molar-refractivity contribution in [2.24, 2.45) is 24.1 Å². The van der Waals surface area contributed by atoms with Crippen LogP contribution < -0.4 is 58.0 Å². The molecule has 11 N–H and O–H groups in total.